The van der Waals surface area contributed by atoms with Gasteiger partial charge in [0.25, 0.3) is 5.91 Å². The minimum absolute atomic E-state index is 0.0514. The van der Waals surface area contributed by atoms with Gasteiger partial charge in [-0.2, -0.15) is 5.10 Å². The highest BCUT2D eigenvalue weighted by Crippen LogP contribution is 2.48. The van der Waals surface area contributed by atoms with Gasteiger partial charge in [-0.3, -0.25) is 24.0 Å². The molecule has 2 aromatic rings. The molecule has 0 aromatic carbocycles. The van der Waals surface area contributed by atoms with Crippen LogP contribution in [0.1, 0.15) is 49.5 Å². The molecule has 2 aliphatic carbocycles. The van der Waals surface area contributed by atoms with Gasteiger partial charge < -0.3 is 16.0 Å². The standard InChI is InChI=1S/C22H28N6O3/c1-12-3-2-4-13(12)9-25-22(31)17-8-14-7-16(14)28(17)19(29)11-27-18-10-24-6-5-15(18)20(26-27)21(23)30/h5-6,10,12-14,16-17H,2-4,7-9,11H2,1H3,(H2,23,30)(H,25,31)/t12-,13+,14+,16+,17-/m0/s1. The predicted molar refractivity (Wildman–Crippen MR) is 113 cm³/mol. The molecule has 0 bridgehead atoms. The van der Waals surface area contributed by atoms with Crippen molar-refractivity contribution in [2.45, 2.75) is 57.7 Å². The minimum atomic E-state index is -0.649. The molecule has 5 rings (SSSR count). The number of nitrogens with one attached hydrogen (secondary N) is 1. The lowest BCUT2D eigenvalue weighted by Crippen LogP contribution is -2.49. The molecule has 3 N–H and O–H groups in total. The highest BCUT2D eigenvalue weighted by Gasteiger charge is 2.56. The van der Waals surface area contributed by atoms with E-state index >= 15 is 0 Å². The fourth-order valence-corrected chi connectivity index (χ4v) is 5.46. The summed E-state index contributed by atoms with van der Waals surface area (Å²) in [5.41, 5.74) is 6.15. The summed E-state index contributed by atoms with van der Waals surface area (Å²) in [6.45, 7) is 2.88. The maximum absolute atomic E-state index is 13.3. The van der Waals surface area contributed by atoms with Gasteiger partial charge in [-0.05, 0) is 43.1 Å². The van der Waals surface area contributed by atoms with Crippen LogP contribution in [0.3, 0.4) is 0 Å². The number of hydrogen-bond donors (Lipinski definition) is 2. The zero-order chi connectivity index (χ0) is 21.7. The minimum Gasteiger partial charge on any atom is -0.364 e. The van der Waals surface area contributed by atoms with Crippen molar-refractivity contribution in [2.75, 3.05) is 6.54 Å². The van der Waals surface area contributed by atoms with Crippen LogP contribution in [0.4, 0.5) is 0 Å². The molecule has 3 fully saturated rings. The largest absolute Gasteiger partial charge is 0.364 e. The van der Waals surface area contributed by atoms with Gasteiger partial charge in [-0.25, -0.2) is 0 Å². The average Bonchev–Trinajstić information content (AvgIpc) is 3.08. The number of hydrogen-bond acceptors (Lipinski definition) is 5. The number of primary amides is 1. The molecule has 3 amide bonds. The number of fused-ring (bicyclic) bond motifs is 2. The summed E-state index contributed by atoms with van der Waals surface area (Å²) in [4.78, 5) is 43.8. The first kappa shape index (κ1) is 20.0. The maximum atomic E-state index is 13.3. The van der Waals surface area contributed by atoms with Crippen molar-refractivity contribution >= 4 is 28.6 Å². The van der Waals surface area contributed by atoms with Crippen LogP contribution in [0, 0.1) is 17.8 Å². The molecule has 0 spiro atoms. The van der Waals surface area contributed by atoms with Gasteiger partial charge in [0.1, 0.15) is 12.6 Å². The van der Waals surface area contributed by atoms with Crippen LogP contribution >= 0.6 is 0 Å². The first-order valence-corrected chi connectivity index (χ1v) is 11.1. The van der Waals surface area contributed by atoms with Crippen LogP contribution in [0.5, 0.6) is 0 Å². The summed E-state index contributed by atoms with van der Waals surface area (Å²) >= 11 is 0. The number of nitrogens with zero attached hydrogens (tertiary/aromatic N) is 4. The van der Waals surface area contributed by atoms with Crippen LogP contribution in [0.25, 0.3) is 10.9 Å². The van der Waals surface area contributed by atoms with Crippen molar-refractivity contribution in [1.82, 2.24) is 25.0 Å². The van der Waals surface area contributed by atoms with Crippen molar-refractivity contribution in [3.8, 4) is 0 Å². The Bertz CT molecular complexity index is 1050. The number of nitrogens with two attached hydrogens (primary N) is 1. The number of likely N-dealkylation sites (tertiary alicyclic amines) is 1. The van der Waals surface area contributed by atoms with Crippen molar-refractivity contribution in [2.24, 2.45) is 23.5 Å². The van der Waals surface area contributed by atoms with E-state index in [0.717, 1.165) is 19.3 Å². The van der Waals surface area contributed by atoms with E-state index in [-0.39, 0.29) is 30.1 Å². The second-order valence-corrected chi connectivity index (χ2v) is 9.29. The number of carbonyl (C=O) groups excluding carboxylic acids is 3. The van der Waals surface area contributed by atoms with Crippen molar-refractivity contribution in [1.29, 1.82) is 0 Å². The normalized spacial score (nSPS) is 29.2. The molecule has 1 aliphatic heterocycles. The Hall–Kier alpha value is -2.97. The van der Waals surface area contributed by atoms with Gasteiger partial charge in [0, 0.05) is 24.2 Å². The lowest BCUT2D eigenvalue weighted by Gasteiger charge is -2.27. The van der Waals surface area contributed by atoms with Gasteiger partial charge in [0.15, 0.2) is 5.69 Å². The Labute approximate surface area is 180 Å². The lowest BCUT2D eigenvalue weighted by molar-refractivity contribution is -0.140. The predicted octanol–water partition coefficient (Wildman–Crippen LogP) is 1.07. The van der Waals surface area contributed by atoms with Gasteiger partial charge in [-0.1, -0.05) is 19.8 Å². The third-order valence-corrected chi connectivity index (χ3v) is 7.34. The molecule has 31 heavy (non-hydrogen) atoms. The van der Waals surface area contributed by atoms with Gasteiger partial charge in [0.05, 0.1) is 11.7 Å². The Morgan fingerprint density at radius 3 is 2.84 bits per heavy atom. The van der Waals surface area contributed by atoms with E-state index in [4.69, 9.17) is 5.73 Å². The molecular formula is C22H28N6O3. The first-order valence-electron chi connectivity index (χ1n) is 11.1. The Balaban J connectivity index is 1.31. The molecule has 3 heterocycles. The summed E-state index contributed by atoms with van der Waals surface area (Å²) in [6.07, 6.45) is 8.39. The summed E-state index contributed by atoms with van der Waals surface area (Å²) in [5, 5.41) is 7.94. The van der Waals surface area contributed by atoms with E-state index in [9.17, 15) is 14.4 Å². The van der Waals surface area contributed by atoms with Gasteiger partial charge in [-0.15, -0.1) is 0 Å². The number of rotatable bonds is 6. The van der Waals surface area contributed by atoms with Crippen LogP contribution < -0.4 is 11.1 Å². The van der Waals surface area contributed by atoms with E-state index in [1.165, 1.54) is 17.5 Å². The van der Waals surface area contributed by atoms with Crippen LogP contribution in [0.15, 0.2) is 18.5 Å². The highest BCUT2D eigenvalue weighted by atomic mass is 16.2. The molecule has 9 nitrogen and oxygen atoms in total. The molecule has 164 valence electrons. The average molecular weight is 425 g/mol. The SMILES string of the molecule is C[C@H]1CCC[C@@H]1CNC(=O)[C@@H]1C[C@H]2C[C@H]2N1C(=O)Cn1nc(C(N)=O)c2ccncc21. The molecule has 5 atom stereocenters. The van der Waals surface area contributed by atoms with E-state index in [1.807, 2.05) is 0 Å². The lowest BCUT2D eigenvalue weighted by atomic mass is 9.98. The summed E-state index contributed by atoms with van der Waals surface area (Å²) in [5.74, 6) is 0.704. The van der Waals surface area contributed by atoms with E-state index in [1.54, 1.807) is 23.4 Å². The van der Waals surface area contributed by atoms with Crippen LogP contribution in [-0.4, -0.2) is 56.0 Å². The molecular weight excluding hydrogens is 396 g/mol. The summed E-state index contributed by atoms with van der Waals surface area (Å²) < 4.78 is 1.47. The summed E-state index contributed by atoms with van der Waals surface area (Å²) in [7, 11) is 0. The zero-order valence-corrected chi connectivity index (χ0v) is 17.7. The van der Waals surface area contributed by atoms with Crippen molar-refractivity contribution in [3.63, 3.8) is 0 Å². The number of piperidine rings is 1. The highest BCUT2D eigenvalue weighted by molar-refractivity contribution is 6.04. The number of pyridine rings is 1. The molecule has 1 saturated heterocycles. The molecule has 2 aromatic heterocycles. The molecule has 9 heteroatoms. The third kappa shape index (κ3) is 3.55. The molecule has 3 aliphatic rings. The molecule has 2 saturated carbocycles. The number of amides is 3. The molecule has 0 unspecified atom stereocenters. The maximum Gasteiger partial charge on any atom is 0.269 e. The first-order chi connectivity index (χ1) is 14.9. The van der Waals surface area contributed by atoms with E-state index in [0.29, 0.717) is 35.2 Å². The monoisotopic (exact) mass is 424 g/mol. The Kier molecular flexibility index (Phi) is 4.91. The summed E-state index contributed by atoms with van der Waals surface area (Å²) in [6, 6.07) is 1.36. The van der Waals surface area contributed by atoms with Gasteiger partial charge in [0.2, 0.25) is 11.8 Å². The fourth-order valence-electron chi connectivity index (χ4n) is 5.46. The third-order valence-electron chi connectivity index (χ3n) is 7.34. The quantitative estimate of drug-likeness (QED) is 0.718. The van der Waals surface area contributed by atoms with Crippen molar-refractivity contribution in [3.05, 3.63) is 24.2 Å². The second-order valence-electron chi connectivity index (χ2n) is 9.29. The van der Waals surface area contributed by atoms with Crippen LogP contribution in [0.2, 0.25) is 0 Å². The van der Waals surface area contributed by atoms with Crippen molar-refractivity contribution < 1.29 is 14.4 Å². The molecule has 0 radical (unpaired) electrons. The zero-order valence-electron chi connectivity index (χ0n) is 17.7. The number of carbonyl (C=O) groups is 3. The fraction of sp³-hybridized carbons (Fsp3) is 0.591. The van der Waals surface area contributed by atoms with Crippen LogP contribution in [-0.2, 0) is 16.1 Å². The number of aromatic nitrogens is 3. The van der Waals surface area contributed by atoms with E-state index < -0.39 is 11.9 Å². The Morgan fingerprint density at radius 2 is 2.10 bits per heavy atom. The van der Waals surface area contributed by atoms with Gasteiger partial charge >= 0.3 is 0 Å². The smallest absolute Gasteiger partial charge is 0.269 e. The van der Waals surface area contributed by atoms with E-state index in [2.05, 4.69) is 22.3 Å². The topological polar surface area (TPSA) is 123 Å². The Morgan fingerprint density at radius 1 is 1.26 bits per heavy atom. The second kappa shape index (κ2) is 7.62.